The number of hydrogen-bond donors (Lipinski definition) is 4. The van der Waals surface area contributed by atoms with Gasteiger partial charge >= 0.3 is 11.9 Å². The third-order valence-electron chi connectivity index (χ3n) is 4.70. The van der Waals surface area contributed by atoms with Crippen molar-refractivity contribution in [2.45, 2.75) is 63.2 Å². The number of H-pyrrole nitrogens is 1. The van der Waals surface area contributed by atoms with Gasteiger partial charge in [-0.2, -0.15) is 18.2 Å². The van der Waals surface area contributed by atoms with Gasteiger partial charge in [0.2, 0.25) is 5.95 Å². The molecule has 5 N–H and O–H groups in total. The van der Waals surface area contributed by atoms with E-state index in [1.165, 1.54) is 0 Å². The quantitative estimate of drug-likeness (QED) is 0.485. The average molecular weight is 425 g/mol. The first-order valence-corrected chi connectivity index (χ1v) is 8.72. The molecule has 1 unspecified atom stereocenters. The highest BCUT2D eigenvalue weighted by Crippen LogP contribution is 2.37. The van der Waals surface area contributed by atoms with E-state index >= 15 is 0 Å². The molecule has 0 bridgehead atoms. The molecule has 0 aromatic carbocycles. The van der Waals surface area contributed by atoms with E-state index in [2.05, 4.69) is 9.97 Å². The number of hydrogen-bond acceptors (Lipinski definition) is 7. The molecule has 0 aliphatic carbocycles. The molecule has 1 saturated heterocycles. The summed E-state index contributed by atoms with van der Waals surface area (Å²) >= 11 is 0. The maximum Gasteiger partial charge on any atom is 0.417 e. The van der Waals surface area contributed by atoms with Crippen molar-refractivity contribution in [1.29, 1.82) is 0 Å². The summed E-state index contributed by atoms with van der Waals surface area (Å²) in [6.45, 7) is 1.88. The molecular weight excluding hydrogens is 406 g/mol. The van der Waals surface area contributed by atoms with Gasteiger partial charge in [-0.15, -0.1) is 0 Å². The third-order valence-corrected chi connectivity index (χ3v) is 4.70. The zero-order valence-corrected chi connectivity index (χ0v) is 15.1. The molecule has 14 heteroatoms. The Morgan fingerprint density at radius 3 is 2.62 bits per heavy atom. The van der Waals surface area contributed by atoms with E-state index in [-0.39, 0.29) is 17.7 Å². The molecule has 29 heavy (non-hydrogen) atoms. The van der Waals surface area contributed by atoms with Crippen LogP contribution in [-0.4, -0.2) is 60.0 Å². The zero-order valence-electron chi connectivity index (χ0n) is 15.1. The van der Waals surface area contributed by atoms with Crippen LogP contribution >= 0.6 is 0 Å². The van der Waals surface area contributed by atoms with Crippen LogP contribution in [0.4, 0.5) is 23.5 Å². The van der Waals surface area contributed by atoms with Crippen LogP contribution in [0.15, 0.2) is 9.59 Å². The van der Waals surface area contributed by atoms with Crippen LogP contribution in [0.3, 0.4) is 0 Å². The predicted octanol–water partition coefficient (Wildman–Crippen LogP) is -0.212. The number of fused-ring (bicyclic) bond motifs is 1. The zero-order chi connectivity index (χ0) is 21.7. The van der Waals surface area contributed by atoms with E-state index in [4.69, 9.17) is 10.5 Å². The summed E-state index contributed by atoms with van der Waals surface area (Å²) in [7, 11) is 0. The van der Waals surface area contributed by atoms with E-state index in [1.807, 2.05) is 6.92 Å². The molecule has 5 atom stereocenters. The minimum absolute atomic E-state index is 0.0595. The number of nitrogens with two attached hydrogens (primary N) is 1. The van der Waals surface area contributed by atoms with Gasteiger partial charge in [-0.1, -0.05) is 13.3 Å². The highest BCUT2D eigenvalue weighted by molar-refractivity contribution is 5.71. The highest BCUT2D eigenvalue weighted by Gasteiger charge is 2.56. The smallest absolute Gasteiger partial charge is 0.385 e. The number of aromatic amines is 1. The van der Waals surface area contributed by atoms with Crippen molar-refractivity contribution >= 4 is 17.1 Å². The number of ether oxygens (including phenoxy) is 1. The Morgan fingerprint density at radius 1 is 1.38 bits per heavy atom. The van der Waals surface area contributed by atoms with Gasteiger partial charge in [-0.3, -0.25) is 14.3 Å². The number of nitrogens with zero attached hydrogens (tertiary/aromatic N) is 3. The summed E-state index contributed by atoms with van der Waals surface area (Å²) in [6, 6.07) is 0. The molecule has 1 aliphatic rings. The Bertz CT molecular complexity index is 1020. The second-order valence-electron chi connectivity index (χ2n) is 6.69. The van der Waals surface area contributed by atoms with Gasteiger partial charge in [0.25, 0.3) is 5.56 Å². The third kappa shape index (κ3) is 3.51. The maximum atomic E-state index is 14.3. The fraction of sp³-hybridized carbons (Fsp3) is 0.667. The summed E-state index contributed by atoms with van der Waals surface area (Å²) in [6.07, 6.45) is -16.7. The second-order valence-corrected chi connectivity index (χ2v) is 6.69. The Labute approximate surface area is 159 Å². The largest absolute Gasteiger partial charge is 0.417 e. The average Bonchev–Trinajstić information content (AvgIpc) is 3.06. The van der Waals surface area contributed by atoms with Crippen molar-refractivity contribution in [2.24, 2.45) is 0 Å². The van der Waals surface area contributed by atoms with Crippen LogP contribution in [0.5, 0.6) is 0 Å². The standard InChI is InChI=1S/C15H19F4N5O5/c1-2-3-4-23-6-10(21-13(20)22-11(6)27)24(14(23)28)12-7(25)5(16)8(29-12)9(26)15(17,18)19/h5,7-9,12,25-26H,2-4H2,1H3,(H3,20,21,22,27)/t5-,7-,8+,9?,12-/m1/s1. The number of nitrogen functional groups attached to an aromatic ring is 1. The number of anilines is 1. The highest BCUT2D eigenvalue weighted by atomic mass is 19.4. The topological polar surface area (TPSA) is 148 Å². The molecule has 3 rings (SSSR count). The summed E-state index contributed by atoms with van der Waals surface area (Å²) in [5, 5.41) is 19.5. The lowest BCUT2D eigenvalue weighted by molar-refractivity contribution is -0.241. The van der Waals surface area contributed by atoms with Crippen LogP contribution in [0.25, 0.3) is 11.2 Å². The Balaban J connectivity index is 2.16. The molecular formula is C15H19F4N5O5. The van der Waals surface area contributed by atoms with Gasteiger partial charge in [-0.05, 0) is 6.42 Å². The Kier molecular flexibility index (Phi) is 5.44. The van der Waals surface area contributed by atoms with Crippen LogP contribution in [-0.2, 0) is 11.3 Å². The molecule has 10 nitrogen and oxygen atoms in total. The number of nitrogens with one attached hydrogen (secondary N) is 1. The maximum absolute atomic E-state index is 14.3. The number of imidazole rings is 1. The number of unbranched alkanes of at least 4 members (excludes halogenated alkanes) is 1. The van der Waals surface area contributed by atoms with E-state index < -0.39 is 54.1 Å². The number of aromatic nitrogens is 4. The van der Waals surface area contributed by atoms with E-state index in [0.29, 0.717) is 17.4 Å². The van der Waals surface area contributed by atoms with Gasteiger partial charge in [0, 0.05) is 6.54 Å². The van der Waals surface area contributed by atoms with Crippen molar-refractivity contribution in [1.82, 2.24) is 19.1 Å². The predicted molar refractivity (Wildman–Crippen MR) is 90.8 cm³/mol. The Hall–Kier alpha value is -2.45. The van der Waals surface area contributed by atoms with Crippen LogP contribution in [0.1, 0.15) is 26.0 Å². The minimum Gasteiger partial charge on any atom is -0.385 e. The van der Waals surface area contributed by atoms with Crippen molar-refractivity contribution in [3.05, 3.63) is 20.8 Å². The fourth-order valence-corrected chi connectivity index (χ4v) is 3.27. The lowest BCUT2D eigenvalue weighted by atomic mass is 10.1. The summed E-state index contributed by atoms with van der Waals surface area (Å²) in [5.74, 6) is -0.403. The lowest BCUT2D eigenvalue weighted by Crippen LogP contribution is -2.44. The summed E-state index contributed by atoms with van der Waals surface area (Å²) in [4.78, 5) is 31.2. The van der Waals surface area contributed by atoms with Crippen LogP contribution in [0.2, 0.25) is 0 Å². The molecule has 162 valence electrons. The van der Waals surface area contributed by atoms with E-state index in [9.17, 15) is 37.4 Å². The number of halogens is 4. The summed E-state index contributed by atoms with van der Waals surface area (Å²) < 4.78 is 59.2. The number of aliphatic hydroxyl groups is 2. The van der Waals surface area contributed by atoms with Gasteiger partial charge in [0.05, 0.1) is 0 Å². The SMILES string of the molecule is CCCCn1c(=O)n([C@@H]2O[C@H](C(O)C(F)(F)F)[C@H](F)[C@H]2O)c2nc(N)[nH]c(=O)c21. The van der Waals surface area contributed by atoms with Crippen molar-refractivity contribution in [2.75, 3.05) is 5.73 Å². The fourth-order valence-electron chi connectivity index (χ4n) is 3.27. The van der Waals surface area contributed by atoms with Gasteiger partial charge in [0.1, 0.15) is 12.2 Å². The first kappa shape index (κ1) is 21.3. The molecule has 2 aromatic rings. The number of aryl methyl sites for hydroxylation is 1. The number of aliphatic hydroxyl groups excluding tert-OH is 2. The number of alkyl halides is 4. The van der Waals surface area contributed by atoms with Crippen molar-refractivity contribution < 1.29 is 32.5 Å². The van der Waals surface area contributed by atoms with Crippen molar-refractivity contribution in [3.63, 3.8) is 0 Å². The number of rotatable bonds is 5. The first-order valence-electron chi connectivity index (χ1n) is 8.72. The molecule has 0 spiro atoms. The van der Waals surface area contributed by atoms with Crippen LogP contribution in [0, 0.1) is 0 Å². The van der Waals surface area contributed by atoms with Crippen LogP contribution < -0.4 is 17.0 Å². The summed E-state index contributed by atoms with van der Waals surface area (Å²) in [5.41, 5.74) is 3.11. The van der Waals surface area contributed by atoms with Gasteiger partial charge in [0.15, 0.2) is 29.7 Å². The van der Waals surface area contributed by atoms with Gasteiger partial charge in [-0.25, -0.2) is 13.8 Å². The Morgan fingerprint density at radius 2 is 2.03 bits per heavy atom. The molecule has 1 aliphatic heterocycles. The molecule has 3 heterocycles. The second kappa shape index (κ2) is 7.42. The lowest BCUT2D eigenvalue weighted by Gasteiger charge is -2.22. The minimum atomic E-state index is -5.22. The molecule has 0 radical (unpaired) electrons. The van der Waals surface area contributed by atoms with E-state index in [1.54, 1.807) is 0 Å². The molecule has 2 aromatic heterocycles. The first-order chi connectivity index (χ1) is 13.5. The van der Waals surface area contributed by atoms with Gasteiger partial charge < -0.3 is 20.7 Å². The van der Waals surface area contributed by atoms with Crippen molar-refractivity contribution in [3.8, 4) is 0 Å². The molecule has 0 amide bonds. The normalized spacial score (nSPS) is 26.3. The monoisotopic (exact) mass is 425 g/mol. The molecule has 1 fully saturated rings. The van der Waals surface area contributed by atoms with E-state index in [0.717, 1.165) is 4.57 Å². The molecule has 0 saturated carbocycles.